The molecule has 0 N–H and O–H groups in total. The van der Waals surface area contributed by atoms with E-state index in [-0.39, 0.29) is 0 Å². The van der Waals surface area contributed by atoms with Crippen molar-refractivity contribution in [3.05, 3.63) is 133 Å². The van der Waals surface area contributed by atoms with Gasteiger partial charge in [0, 0.05) is 11.4 Å². The van der Waals surface area contributed by atoms with Gasteiger partial charge in [-0.05, 0) is 72.8 Å². The molecule has 0 aromatic heterocycles. The minimum atomic E-state index is -2.81. The number of fused-ring (bicyclic) bond motifs is 2. The van der Waals surface area contributed by atoms with Gasteiger partial charge in [-0.1, -0.05) is 84.3 Å². The molecule has 13 rings (SSSR count). The Balaban J connectivity index is 1.15. The van der Waals surface area contributed by atoms with Crippen molar-refractivity contribution in [3.63, 3.8) is 0 Å². The zero-order chi connectivity index (χ0) is 34.1. The van der Waals surface area contributed by atoms with Gasteiger partial charge in [-0.2, -0.15) is 0 Å². The van der Waals surface area contributed by atoms with Crippen molar-refractivity contribution >= 4 is 102 Å². The number of nitrogens with zero attached hydrogens (tertiary/aromatic N) is 2. The van der Waals surface area contributed by atoms with E-state index in [9.17, 15) is 0 Å². The first-order chi connectivity index (χ1) is 25.6. The molecule has 52 heavy (non-hydrogen) atoms. The van der Waals surface area contributed by atoms with Crippen LogP contribution in [-0.2, 0) is 23.6 Å². The average molecular weight is 745 g/mol. The quantitative estimate of drug-likeness (QED) is 0.163. The van der Waals surface area contributed by atoms with Crippen LogP contribution in [0.15, 0.2) is 133 Å². The van der Waals surface area contributed by atoms with Gasteiger partial charge < -0.3 is 28.7 Å². The molecule has 0 saturated carbocycles. The smallest absolute Gasteiger partial charge is 0.183 e. The Kier molecular flexibility index (Phi) is 5.08. The van der Waals surface area contributed by atoms with Crippen molar-refractivity contribution in [1.82, 2.24) is 0 Å². The normalized spacial score (nSPS) is 16.7. The number of hydrogen-bond donors (Lipinski definition) is 0. The van der Waals surface area contributed by atoms with E-state index in [4.69, 9.17) is 42.6 Å². The van der Waals surface area contributed by atoms with E-state index in [0.29, 0.717) is 23.0 Å². The van der Waals surface area contributed by atoms with Crippen molar-refractivity contribution in [1.29, 1.82) is 0 Å². The SMILES string of the molecule is S=P12c3c4cccc3N(c3ccccc3)c3cccc(c31)Oc1c3c5c(c(c12)O4)Oc1cccc2c1P5(=S)c1c(cccc1N2c1ccccc1)O3. The summed E-state index contributed by atoms with van der Waals surface area (Å²) < 4.78 is 28.3. The van der Waals surface area contributed by atoms with Crippen LogP contribution >= 0.6 is 12.1 Å². The maximum absolute atomic E-state index is 7.12. The molecule has 7 aromatic rings. The standard InChI is InChI=1S/C42H22N2O4P2S2/c51-49-37-25-15-7-19-29(37)45-33-35-42-36(34(41(33)49)46-30-20-8-16-26(38(30)49)43(25)23-11-3-1-4-12-23)48-32-22-10-18-28-40(32)50(42,52)39-27(17-9-21-31(39)47-35)44(28)24-13-5-2-6-14-24/h1-22H. The lowest BCUT2D eigenvalue weighted by atomic mass is 10.1. The fourth-order valence-corrected chi connectivity index (χ4v) is 19.0. The second-order valence-electron chi connectivity index (χ2n) is 13.5. The Bertz CT molecular complexity index is 2610. The van der Waals surface area contributed by atoms with Gasteiger partial charge in [0.25, 0.3) is 0 Å². The van der Waals surface area contributed by atoms with Crippen LogP contribution in [0, 0.1) is 0 Å². The van der Waals surface area contributed by atoms with Crippen molar-refractivity contribution in [3.8, 4) is 46.0 Å². The van der Waals surface area contributed by atoms with Gasteiger partial charge in [-0.3, -0.25) is 0 Å². The summed E-state index contributed by atoms with van der Waals surface area (Å²) in [5.41, 5.74) is 6.10. The third-order valence-electron chi connectivity index (χ3n) is 10.9. The molecule has 0 saturated heterocycles. The maximum Gasteiger partial charge on any atom is 0.183 e. The highest BCUT2D eigenvalue weighted by Crippen LogP contribution is 2.72. The highest BCUT2D eigenvalue weighted by molar-refractivity contribution is 8.27. The summed E-state index contributed by atoms with van der Waals surface area (Å²) in [4.78, 5) is 4.56. The first kappa shape index (κ1) is 28.3. The third-order valence-corrected chi connectivity index (χ3v) is 20.6. The van der Waals surface area contributed by atoms with Gasteiger partial charge in [-0.15, -0.1) is 0 Å². The molecule has 0 unspecified atom stereocenters. The van der Waals surface area contributed by atoms with Crippen molar-refractivity contribution < 1.29 is 18.9 Å². The molecule has 10 heteroatoms. The zero-order valence-corrected chi connectivity index (χ0v) is 30.4. The number of ether oxygens (including phenoxy) is 4. The van der Waals surface area contributed by atoms with E-state index in [1.165, 1.54) is 0 Å². The monoisotopic (exact) mass is 744 g/mol. The first-order valence-corrected chi connectivity index (χ1v) is 22.6. The van der Waals surface area contributed by atoms with Gasteiger partial charge >= 0.3 is 0 Å². The largest absolute Gasteiger partial charge is 0.452 e. The summed E-state index contributed by atoms with van der Waals surface area (Å²) in [6, 6.07) is 40.1. The average Bonchev–Trinajstić information content (AvgIpc) is 3.17. The zero-order valence-electron chi connectivity index (χ0n) is 26.9. The molecule has 6 heterocycles. The highest BCUT2D eigenvalue weighted by atomic mass is 32.4. The molecular weight excluding hydrogens is 723 g/mol. The van der Waals surface area contributed by atoms with Crippen molar-refractivity contribution in [2.24, 2.45) is 0 Å². The summed E-state index contributed by atoms with van der Waals surface area (Å²) in [5.74, 6) is 5.28. The van der Waals surface area contributed by atoms with Crippen LogP contribution in [-0.4, -0.2) is 0 Å². The van der Waals surface area contributed by atoms with Crippen LogP contribution in [0.25, 0.3) is 0 Å². The molecule has 0 radical (unpaired) electrons. The van der Waals surface area contributed by atoms with Crippen LogP contribution in [0.3, 0.4) is 0 Å². The van der Waals surface area contributed by atoms with Crippen LogP contribution in [0.1, 0.15) is 0 Å². The number of anilines is 6. The summed E-state index contributed by atoms with van der Waals surface area (Å²) in [5, 5.41) is 5.69. The molecule has 6 aliphatic heterocycles. The second-order valence-corrected chi connectivity index (χ2v) is 21.9. The van der Waals surface area contributed by atoms with E-state index in [1.807, 2.05) is 60.7 Å². The summed E-state index contributed by atoms with van der Waals surface area (Å²) in [6.45, 7) is 0. The predicted octanol–water partition coefficient (Wildman–Crippen LogP) is 9.19. The molecule has 7 aromatic carbocycles. The summed E-state index contributed by atoms with van der Waals surface area (Å²) in [6.07, 6.45) is 0. The van der Waals surface area contributed by atoms with Gasteiger partial charge in [0.15, 0.2) is 23.0 Å². The lowest BCUT2D eigenvalue weighted by Crippen LogP contribution is -2.46. The van der Waals surface area contributed by atoms with E-state index in [2.05, 4.69) is 82.6 Å². The van der Waals surface area contributed by atoms with Crippen LogP contribution in [0.2, 0.25) is 0 Å². The number of rotatable bonds is 2. The molecule has 0 spiro atoms. The fraction of sp³-hybridized carbons (Fsp3) is 0. The van der Waals surface area contributed by atoms with E-state index in [0.717, 1.165) is 88.9 Å². The lowest BCUT2D eigenvalue weighted by molar-refractivity contribution is 0.398. The Hall–Kier alpha value is -5.36. The minimum absolute atomic E-state index is 0.589. The molecular formula is C42H22N2O4P2S2. The Morgan fingerprint density at radius 3 is 0.904 bits per heavy atom. The summed E-state index contributed by atoms with van der Waals surface area (Å²) >= 11 is 14.2. The second kappa shape index (κ2) is 9.35. The van der Waals surface area contributed by atoms with Gasteiger partial charge in [0.05, 0.1) is 66.7 Å². The molecule has 246 valence electrons. The van der Waals surface area contributed by atoms with E-state index >= 15 is 0 Å². The highest BCUT2D eigenvalue weighted by Gasteiger charge is 2.57. The lowest BCUT2D eigenvalue weighted by Gasteiger charge is -2.49. The van der Waals surface area contributed by atoms with Crippen LogP contribution < -0.4 is 60.6 Å². The Labute approximate surface area is 308 Å². The number of para-hydroxylation sites is 2. The Morgan fingerprint density at radius 2 is 0.615 bits per heavy atom. The van der Waals surface area contributed by atoms with E-state index < -0.39 is 12.1 Å². The molecule has 6 aliphatic rings. The molecule has 6 nitrogen and oxygen atoms in total. The van der Waals surface area contributed by atoms with Gasteiger partial charge in [0.2, 0.25) is 0 Å². The van der Waals surface area contributed by atoms with Gasteiger partial charge in [0.1, 0.15) is 23.0 Å². The fourth-order valence-electron chi connectivity index (χ4n) is 9.03. The van der Waals surface area contributed by atoms with Crippen molar-refractivity contribution in [2.45, 2.75) is 0 Å². The van der Waals surface area contributed by atoms with Gasteiger partial charge in [-0.25, -0.2) is 0 Å². The molecule has 0 amide bonds. The number of hydrogen-bond acceptors (Lipinski definition) is 8. The molecule has 0 bridgehead atoms. The third kappa shape index (κ3) is 3.06. The molecule has 0 aliphatic carbocycles. The molecule has 0 atom stereocenters. The van der Waals surface area contributed by atoms with Crippen LogP contribution in [0.5, 0.6) is 46.0 Å². The van der Waals surface area contributed by atoms with E-state index in [1.54, 1.807) is 0 Å². The predicted molar refractivity (Wildman–Crippen MR) is 215 cm³/mol. The van der Waals surface area contributed by atoms with Crippen LogP contribution in [0.4, 0.5) is 34.1 Å². The first-order valence-electron chi connectivity index (χ1n) is 17.0. The maximum atomic E-state index is 7.12. The minimum Gasteiger partial charge on any atom is -0.452 e. The van der Waals surface area contributed by atoms with Crippen molar-refractivity contribution in [2.75, 3.05) is 9.80 Å². The topological polar surface area (TPSA) is 43.4 Å². The molecule has 0 fully saturated rings. The summed E-state index contributed by atoms with van der Waals surface area (Å²) in [7, 11) is 0. The Morgan fingerprint density at radius 1 is 0.327 bits per heavy atom. The number of benzene rings is 7.